The lowest BCUT2D eigenvalue weighted by atomic mass is 9.88. The number of rotatable bonds is 4. The predicted molar refractivity (Wildman–Crippen MR) is 75.5 cm³/mol. The Morgan fingerprint density at radius 1 is 1.26 bits per heavy atom. The number of ether oxygens (including phenoxy) is 1. The van der Waals surface area contributed by atoms with E-state index in [2.05, 4.69) is 6.92 Å². The Labute approximate surface area is 115 Å². The lowest BCUT2D eigenvalue weighted by Crippen LogP contribution is -2.29. The summed E-state index contributed by atoms with van der Waals surface area (Å²) in [5.41, 5.74) is 7.69. The maximum Gasteiger partial charge on any atom is 0.310 e. The first-order valence-electron chi connectivity index (χ1n) is 7.17. The molecule has 1 aromatic carbocycles. The fourth-order valence-electron chi connectivity index (χ4n) is 2.75. The number of nitrogens with two attached hydrogens (primary N) is 1. The molecule has 0 bridgehead atoms. The topological polar surface area (TPSA) is 52.3 Å². The van der Waals surface area contributed by atoms with Crippen LogP contribution < -0.4 is 5.73 Å². The van der Waals surface area contributed by atoms with Gasteiger partial charge in [0.25, 0.3) is 0 Å². The molecule has 19 heavy (non-hydrogen) atoms. The molecule has 1 aromatic rings. The van der Waals surface area contributed by atoms with Gasteiger partial charge in [0.1, 0.15) is 6.10 Å². The van der Waals surface area contributed by atoms with Crippen LogP contribution in [-0.2, 0) is 22.5 Å². The van der Waals surface area contributed by atoms with Gasteiger partial charge in [-0.15, -0.1) is 0 Å². The summed E-state index contributed by atoms with van der Waals surface area (Å²) in [5, 5.41) is 0. The second-order valence-electron chi connectivity index (χ2n) is 5.44. The molecule has 0 saturated heterocycles. The maximum atomic E-state index is 12.0. The van der Waals surface area contributed by atoms with E-state index in [-0.39, 0.29) is 12.1 Å². The van der Waals surface area contributed by atoms with Crippen molar-refractivity contribution in [3.8, 4) is 0 Å². The highest BCUT2D eigenvalue weighted by atomic mass is 16.5. The molecule has 2 unspecified atom stereocenters. The van der Waals surface area contributed by atoms with Crippen LogP contribution in [0.5, 0.6) is 0 Å². The molecule has 0 amide bonds. The molecule has 1 saturated carbocycles. The molecule has 0 aliphatic heterocycles. The molecular formula is C16H23NO2. The summed E-state index contributed by atoms with van der Waals surface area (Å²) in [7, 11) is 0. The fourth-order valence-corrected chi connectivity index (χ4v) is 2.75. The number of benzene rings is 1. The monoisotopic (exact) mass is 261 g/mol. The number of esters is 1. The van der Waals surface area contributed by atoms with Crippen LogP contribution in [0, 0.1) is 5.92 Å². The molecular weight excluding hydrogens is 238 g/mol. The average molecular weight is 261 g/mol. The summed E-state index contributed by atoms with van der Waals surface area (Å²) >= 11 is 0. The molecule has 2 N–H and O–H groups in total. The normalized spacial score (nSPS) is 23.1. The zero-order chi connectivity index (χ0) is 13.7. The first-order chi connectivity index (χ1) is 9.20. The molecule has 2 atom stereocenters. The minimum absolute atomic E-state index is 0.103. The van der Waals surface area contributed by atoms with Crippen LogP contribution in [0.25, 0.3) is 0 Å². The maximum absolute atomic E-state index is 12.0. The third-order valence-corrected chi connectivity index (χ3v) is 3.99. The van der Waals surface area contributed by atoms with Gasteiger partial charge in [-0.3, -0.25) is 4.79 Å². The van der Waals surface area contributed by atoms with E-state index in [1.54, 1.807) is 0 Å². The van der Waals surface area contributed by atoms with Crippen molar-refractivity contribution in [1.29, 1.82) is 0 Å². The van der Waals surface area contributed by atoms with Crippen molar-refractivity contribution in [2.75, 3.05) is 0 Å². The second-order valence-corrected chi connectivity index (χ2v) is 5.44. The van der Waals surface area contributed by atoms with Gasteiger partial charge in [-0.25, -0.2) is 0 Å². The molecule has 2 rings (SSSR count). The van der Waals surface area contributed by atoms with Crippen molar-refractivity contribution in [3.05, 3.63) is 35.4 Å². The first-order valence-corrected chi connectivity index (χ1v) is 7.17. The van der Waals surface area contributed by atoms with E-state index >= 15 is 0 Å². The number of hydrogen-bond acceptors (Lipinski definition) is 3. The minimum atomic E-state index is -0.125. The Bertz CT molecular complexity index is 431. The van der Waals surface area contributed by atoms with E-state index < -0.39 is 0 Å². The first kappa shape index (κ1) is 14.1. The van der Waals surface area contributed by atoms with E-state index in [4.69, 9.17) is 10.5 Å². The van der Waals surface area contributed by atoms with Crippen LogP contribution >= 0.6 is 0 Å². The molecule has 0 aromatic heterocycles. The standard InChI is InChI=1S/C16H23NO2/c1-12-6-2-5-9-15(12)19-16(18)10-13-7-3-4-8-14(13)11-17/h3-4,7-8,12,15H,2,5-6,9-11,17H2,1H3. The van der Waals surface area contributed by atoms with Crippen LogP contribution in [0.4, 0.5) is 0 Å². The van der Waals surface area contributed by atoms with Crippen molar-refractivity contribution >= 4 is 5.97 Å². The van der Waals surface area contributed by atoms with Gasteiger partial charge < -0.3 is 10.5 Å². The molecule has 3 nitrogen and oxygen atoms in total. The van der Waals surface area contributed by atoms with E-state index in [0.29, 0.717) is 18.9 Å². The summed E-state index contributed by atoms with van der Waals surface area (Å²) < 4.78 is 5.63. The highest BCUT2D eigenvalue weighted by Gasteiger charge is 2.24. The van der Waals surface area contributed by atoms with Crippen molar-refractivity contribution < 1.29 is 9.53 Å². The summed E-state index contributed by atoms with van der Waals surface area (Å²) in [6.45, 7) is 2.63. The molecule has 1 aliphatic rings. The average Bonchev–Trinajstić information content (AvgIpc) is 2.42. The van der Waals surface area contributed by atoms with E-state index in [9.17, 15) is 4.79 Å². The molecule has 3 heteroatoms. The van der Waals surface area contributed by atoms with Gasteiger partial charge in [-0.1, -0.05) is 37.6 Å². The zero-order valence-corrected chi connectivity index (χ0v) is 11.6. The van der Waals surface area contributed by atoms with Gasteiger partial charge >= 0.3 is 5.97 Å². The van der Waals surface area contributed by atoms with E-state index in [1.807, 2.05) is 24.3 Å². The molecule has 1 fully saturated rings. The lowest BCUT2D eigenvalue weighted by molar-refractivity contribution is -0.152. The molecule has 0 heterocycles. The Morgan fingerprint density at radius 2 is 1.95 bits per heavy atom. The van der Waals surface area contributed by atoms with Crippen LogP contribution in [0.15, 0.2) is 24.3 Å². The van der Waals surface area contributed by atoms with Crippen molar-refractivity contribution in [1.82, 2.24) is 0 Å². The molecule has 0 radical (unpaired) electrons. The summed E-state index contributed by atoms with van der Waals surface area (Å²) in [6.07, 6.45) is 5.03. The quantitative estimate of drug-likeness (QED) is 0.848. The predicted octanol–water partition coefficient (Wildman–Crippen LogP) is 2.81. The SMILES string of the molecule is CC1CCCCC1OC(=O)Cc1ccccc1CN. The van der Waals surface area contributed by atoms with Gasteiger partial charge in [-0.05, 0) is 36.3 Å². The van der Waals surface area contributed by atoms with Gasteiger partial charge in [0.2, 0.25) is 0 Å². The highest BCUT2D eigenvalue weighted by molar-refractivity contribution is 5.73. The highest BCUT2D eigenvalue weighted by Crippen LogP contribution is 2.26. The molecule has 0 spiro atoms. The van der Waals surface area contributed by atoms with Gasteiger partial charge in [0.05, 0.1) is 6.42 Å². The second kappa shape index (κ2) is 6.71. The van der Waals surface area contributed by atoms with Crippen molar-refractivity contribution in [3.63, 3.8) is 0 Å². The van der Waals surface area contributed by atoms with Crippen LogP contribution in [-0.4, -0.2) is 12.1 Å². The van der Waals surface area contributed by atoms with E-state index in [1.165, 1.54) is 12.8 Å². The van der Waals surface area contributed by atoms with Crippen molar-refractivity contribution in [2.24, 2.45) is 11.7 Å². The van der Waals surface area contributed by atoms with E-state index in [0.717, 1.165) is 24.0 Å². The number of hydrogen-bond donors (Lipinski definition) is 1. The van der Waals surface area contributed by atoms with Crippen LogP contribution in [0.2, 0.25) is 0 Å². The van der Waals surface area contributed by atoms with Gasteiger partial charge in [-0.2, -0.15) is 0 Å². The fraction of sp³-hybridized carbons (Fsp3) is 0.562. The number of carbonyl (C=O) groups excluding carboxylic acids is 1. The Balaban J connectivity index is 1.93. The summed E-state index contributed by atoms with van der Waals surface area (Å²) in [5.74, 6) is 0.363. The smallest absolute Gasteiger partial charge is 0.310 e. The Hall–Kier alpha value is -1.35. The largest absolute Gasteiger partial charge is 0.462 e. The van der Waals surface area contributed by atoms with Gasteiger partial charge in [0.15, 0.2) is 0 Å². The Morgan fingerprint density at radius 3 is 2.63 bits per heavy atom. The number of carbonyl (C=O) groups is 1. The third kappa shape index (κ3) is 3.80. The zero-order valence-electron chi connectivity index (χ0n) is 11.6. The van der Waals surface area contributed by atoms with Crippen LogP contribution in [0.1, 0.15) is 43.7 Å². The Kier molecular flexibility index (Phi) is 4.97. The third-order valence-electron chi connectivity index (χ3n) is 3.99. The molecule has 104 valence electrons. The lowest BCUT2D eigenvalue weighted by Gasteiger charge is -2.28. The minimum Gasteiger partial charge on any atom is -0.462 e. The van der Waals surface area contributed by atoms with Crippen molar-refractivity contribution in [2.45, 2.75) is 51.7 Å². The van der Waals surface area contributed by atoms with Crippen LogP contribution in [0.3, 0.4) is 0 Å². The summed E-state index contributed by atoms with van der Waals surface area (Å²) in [4.78, 5) is 12.0. The molecule has 1 aliphatic carbocycles. The van der Waals surface area contributed by atoms with Gasteiger partial charge in [0, 0.05) is 6.54 Å². The summed E-state index contributed by atoms with van der Waals surface area (Å²) in [6, 6.07) is 7.80.